The number of carbonyl (C=O) groups excluding carboxylic acids is 1. The number of nitrogens with two attached hydrogens (primary N) is 1. The smallest absolute Gasteiger partial charge is 0.406 e. The third-order valence-corrected chi connectivity index (χ3v) is 4.86. The molecule has 1 saturated heterocycles. The summed E-state index contributed by atoms with van der Waals surface area (Å²) in [7, 11) is 1.64. The summed E-state index contributed by atoms with van der Waals surface area (Å²) in [5.74, 6) is -3.76. The Labute approximate surface area is 175 Å². The molecule has 1 aliphatic heterocycles. The normalized spacial score (nSPS) is 16.0. The van der Waals surface area contributed by atoms with Crippen LogP contribution in [0.3, 0.4) is 0 Å². The van der Waals surface area contributed by atoms with E-state index < -0.39 is 23.9 Å². The molecule has 1 heterocycles. The van der Waals surface area contributed by atoms with Crippen LogP contribution in [0.4, 0.5) is 44.7 Å². The number of hydrogen-bond donors (Lipinski definition) is 3. The van der Waals surface area contributed by atoms with Crippen LogP contribution in [0.1, 0.15) is 23.2 Å². The first kappa shape index (κ1) is 22.4. The van der Waals surface area contributed by atoms with Crippen LogP contribution in [0.15, 0.2) is 36.4 Å². The first-order valence-electron chi connectivity index (χ1n) is 9.39. The summed E-state index contributed by atoms with van der Waals surface area (Å²) in [5, 5.41) is 5.48. The van der Waals surface area contributed by atoms with Gasteiger partial charge in [-0.25, -0.2) is 8.78 Å². The van der Waals surface area contributed by atoms with Gasteiger partial charge in [-0.1, -0.05) is 0 Å². The molecule has 2 aromatic rings. The summed E-state index contributed by atoms with van der Waals surface area (Å²) in [4.78, 5) is 14.6. The molecule has 0 unspecified atom stereocenters. The van der Waals surface area contributed by atoms with E-state index in [0.29, 0.717) is 11.4 Å². The number of anilines is 4. The minimum atomic E-state index is -4.82. The topological polar surface area (TPSA) is 79.6 Å². The molecule has 1 amide bonds. The minimum Gasteiger partial charge on any atom is -0.406 e. The molecule has 0 radical (unpaired) electrons. The van der Waals surface area contributed by atoms with Crippen LogP contribution >= 0.6 is 0 Å². The molecule has 0 aliphatic carbocycles. The molecule has 31 heavy (non-hydrogen) atoms. The van der Waals surface area contributed by atoms with E-state index in [-0.39, 0.29) is 42.9 Å². The first-order chi connectivity index (χ1) is 14.5. The second-order valence-corrected chi connectivity index (χ2v) is 7.08. The number of rotatable bonds is 5. The van der Waals surface area contributed by atoms with Crippen LogP contribution in [-0.2, 0) is 0 Å². The summed E-state index contributed by atoms with van der Waals surface area (Å²) in [6.45, 7) is 0.119. The molecule has 2 aromatic carbocycles. The Hall–Kier alpha value is -3.24. The van der Waals surface area contributed by atoms with Crippen molar-refractivity contribution in [3.63, 3.8) is 0 Å². The van der Waals surface area contributed by atoms with E-state index >= 15 is 0 Å². The number of nitrogens with one attached hydrogen (secondary N) is 2. The van der Waals surface area contributed by atoms with Crippen LogP contribution in [0.2, 0.25) is 0 Å². The molecule has 168 valence electrons. The van der Waals surface area contributed by atoms with Gasteiger partial charge in [-0.2, -0.15) is 0 Å². The largest absolute Gasteiger partial charge is 0.573 e. The molecule has 1 fully saturated rings. The Morgan fingerprint density at radius 2 is 1.74 bits per heavy atom. The average molecular weight is 444 g/mol. The fourth-order valence-electron chi connectivity index (χ4n) is 3.28. The number of carbonyl (C=O) groups is 1. The van der Waals surface area contributed by atoms with Gasteiger partial charge in [-0.3, -0.25) is 4.79 Å². The zero-order chi connectivity index (χ0) is 22.8. The van der Waals surface area contributed by atoms with Gasteiger partial charge in [0.05, 0.1) is 22.6 Å². The lowest BCUT2D eigenvalue weighted by atomic mass is 10.0. The minimum absolute atomic E-state index is 0.0594. The Kier molecular flexibility index (Phi) is 6.14. The van der Waals surface area contributed by atoms with Crippen molar-refractivity contribution in [2.24, 2.45) is 0 Å². The third-order valence-electron chi connectivity index (χ3n) is 4.86. The van der Waals surface area contributed by atoms with Gasteiger partial charge in [0.2, 0.25) is 0 Å². The Balaban J connectivity index is 1.83. The monoisotopic (exact) mass is 444 g/mol. The lowest BCUT2D eigenvalue weighted by molar-refractivity contribution is -0.274. The molecule has 4 N–H and O–H groups in total. The Morgan fingerprint density at radius 3 is 2.29 bits per heavy atom. The average Bonchev–Trinajstić information content (AvgIpc) is 2.68. The number of halogens is 5. The van der Waals surface area contributed by atoms with Crippen molar-refractivity contribution in [1.82, 2.24) is 0 Å². The van der Waals surface area contributed by atoms with Crippen molar-refractivity contribution in [3.8, 4) is 5.75 Å². The van der Waals surface area contributed by atoms with E-state index in [4.69, 9.17) is 5.73 Å². The molecule has 6 nitrogen and oxygen atoms in total. The van der Waals surface area contributed by atoms with Crippen LogP contribution in [0.5, 0.6) is 5.75 Å². The zero-order valence-corrected chi connectivity index (χ0v) is 16.5. The van der Waals surface area contributed by atoms with Gasteiger partial charge in [0.15, 0.2) is 0 Å². The fourth-order valence-corrected chi connectivity index (χ4v) is 3.28. The van der Waals surface area contributed by atoms with Gasteiger partial charge in [0, 0.05) is 38.7 Å². The maximum Gasteiger partial charge on any atom is 0.573 e. The molecule has 0 atom stereocenters. The SMILES string of the molecule is CNc1cc(N2CCC(F)(F)CC2)c(C(=O)Nc2ccc(OC(F)(F)F)cc2)cc1N. The van der Waals surface area contributed by atoms with Crippen molar-refractivity contribution < 1.29 is 31.5 Å². The van der Waals surface area contributed by atoms with E-state index in [1.807, 2.05) is 0 Å². The number of benzene rings is 2. The molecule has 3 rings (SSSR count). The molecule has 0 bridgehead atoms. The zero-order valence-electron chi connectivity index (χ0n) is 16.5. The Bertz CT molecular complexity index is 938. The predicted octanol–water partition coefficient (Wildman–Crippen LogP) is 4.70. The summed E-state index contributed by atoms with van der Waals surface area (Å²) < 4.78 is 67.8. The Morgan fingerprint density at radius 1 is 1.13 bits per heavy atom. The van der Waals surface area contributed by atoms with Crippen molar-refractivity contribution in [3.05, 3.63) is 42.0 Å². The van der Waals surface area contributed by atoms with Gasteiger partial charge < -0.3 is 26.0 Å². The summed E-state index contributed by atoms with van der Waals surface area (Å²) in [5.41, 5.74) is 7.63. The number of alkyl halides is 5. The second kappa shape index (κ2) is 8.48. The molecule has 1 aliphatic rings. The number of nitrogens with zero attached hydrogens (tertiary/aromatic N) is 1. The molecule has 0 saturated carbocycles. The number of hydrogen-bond acceptors (Lipinski definition) is 5. The van der Waals surface area contributed by atoms with Crippen LogP contribution in [0.25, 0.3) is 0 Å². The van der Waals surface area contributed by atoms with Crippen molar-refractivity contribution in [1.29, 1.82) is 0 Å². The molecular weight excluding hydrogens is 423 g/mol. The van der Waals surface area contributed by atoms with Crippen LogP contribution in [0, 0.1) is 0 Å². The lowest BCUT2D eigenvalue weighted by Crippen LogP contribution is -2.40. The van der Waals surface area contributed by atoms with Gasteiger partial charge in [-0.05, 0) is 36.4 Å². The number of ether oxygens (including phenoxy) is 1. The fraction of sp³-hybridized carbons (Fsp3) is 0.350. The maximum absolute atomic E-state index is 13.6. The third kappa shape index (κ3) is 5.68. The van der Waals surface area contributed by atoms with Gasteiger partial charge in [0.25, 0.3) is 11.8 Å². The number of piperidine rings is 1. The van der Waals surface area contributed by atoms with E-state index in [0.717, 1.165) is 12.1 Å². The molecular formula is C20H21F5N4O2. The molecule has 0 aromatic heterocycles. The van der Waals surface area contributed by atoms with E-state index in [1.54, 1.807) is 18.0 Å². The number of amides is 1. The standard InChI is InChI=1S/C20H21F5N4O2/c1-27-16-11-17(29-8-6-19(21,22)7-9-29)14(10-15(16)26)18(30)28-12-2-4-13(5-3-12)31-20(23,24)25/h2-5,10-11,27H,6-9,26H2,1H3,(H,28,30). The highest BCUT2D eigenvalue weighted by Crippen LogP contribution is 2.36. The van der Waals surface area contributed by atoms with Crippen LogP contribution < -0.4 is 26.0 Å². The van der Waals surface area contributed by atoms with E-state index in [1.165, 1.54) is 18.2 Å². The summed E-state index contributed by atoms with van der Waals surface area (Å²) in [6, 6.07) is 7.69. The number of nitrogen functional groups attached to an aromatic ring is 1. The van der Waals surface area contributed by atoms with Crippen molar-refractivity contribution >= 4 is 28.7 Å². The van der Waals surface area contributed by atoms with Gasteiger partial charge >= 0.3 is 6.36 Å². The summed E-state index contributed by atoms with van der Waals surface area (Å²) >= 11 is 0. The highest BCUT2D eigenvalue weighted by atomic mass is 19.4. The van der Waals surface area contributed by atoms with E-state index in [2.05, 4.69) is 15.4 Å². The van der Waals surface area contributed by atoms with Gasteiger partial charge in [-0.15, -0.1) is 13.2 Å². The highest BCUT2D eigenvalue weighted by Gasteiger charge is 2.35. The molecule has 0 spiro atoms. The van der Waals surface area contributed by atoms with Crippen LogP contribution in [-0.4, -0.2) is 38.3 Å². The van der Waals surface area contributed by atoms with Gasteiger partial charge in [0.1, 0.15) is 5.75 Å². The first-order valence-corrected chi connectivity index (χ1v) is 9.39. The summed E-state index contributed by atoms with van der Waals surface area (Å²) in [6.07, 6.45) is -5.50. The maximum atomic E-state index is 13.6. The lowest BCUT2D eigenvalue weighted by Gasteiger charge is -2.34. The highest BCUT2D eigenvalue weighted by molar-refractivity contribution is 6.09. The van der Waals surface area contributed by atoms with Crippen molar-refractivity contribution in [2.75, 3.05) is 41.4 Å². The second-order valence-electron chi connectivity index (χ2n) is 7.08. The predicted molar refractivity (Wildman–Crippen MR) is 108 cm³/mol. The van der Waals surface area contributed by atoms with Crippen molar-refractivity contribution in [2.45, 2.75) is 25.1 Å². The van der Waals surface area contributed by atoms with E-state index in [9.17, 15) is 26.7 Å². The molecule has 11 heteroatoms. The quantitative estimate of drug-likeness (QED) is 0.460.